The summed E-state index contributed by atoms with van der Waals surface area (Å²) >= 11 is 0. The Kier molecular flexibility index (Phi) is 15.0. The fourth-order valence-corrected chi connectivity index (χ4v) is 1.94. The van der Waals surface area contributed by atoms with Gasteiger partial charge in [-0.05, 0) is 19.3 Å². The van der Waals surface area contributed by atoms with E-state index in [0.29, 0.717) is 0 Å². The first-order chi connectivity index (χ1) is 8.85. The highest BCUT2D eigenvalue weighted by Gasteiger charge is 2.07. The first-order valence-corrected chi connectivity index (χ1v) is 8.08. The first kappa shape index (κ1) is 18.0. The standard InChI is InChI=1S/C15H33BO2/c1-3-5-7-9-13-17-15(11-12-16)18-14-10-8-6-4-2/h15H,3-14,16H2,1-2H3. The summed E-state index contributed by atoms with van der Waals surface area (Å²) in [5.74, 6) is 0. The van der Waals surface area contributed by atoms with Gasteiger partial charge in [0.25, 0.3) is 0 Å². The molecule has 0 heterocycles. The molecule has 0 atom stereocenters. The van der Waals surface area contributed by atoms with Crippen LogP contribution in [0.2, 0.25) is 6.32 Å². The van der Waals surface area contributed by atoms with Crippen LogP contribution in [-0.2, 0) is 9.47 Å². The molecule has 0 spiro atoms. The van der Waals surface area contributed by atoms with E-state index in [0.717, 1.165) is 26.0 Å². The first-order valence-electron chi connectivity index (χ1n) is 8.08. The van der Waals surface area contributed by atoms with E-state index >= 15 is 0 Å². The van der Waals surface area contributed by atoms with Gasteiger partial charge in [0.2, 0.25) is 0 Å². The van der Waals surface area contributed by atoms with Crippen LogP contribution in [0, 0.1) is 0 Å². The third-order valence-electron chi connectivity index (χ3n) is 3.13. The van der Waals surface area contributed by atoms with E-state index in [-0.39, 0.29) is 6.29 Å². The largest absolute Gasteiger partial charge is 0.353 e. The summed E-state index contributed by atoms with van der Waals surface area (Å²) in [7, 11) is 2.19. The van der Waals surface area contributed by atoms with Gasteiger partial charge in [0, 0.05) is 13.2 Å². The van der Waals surface area contributed by atoms with Crippen molar-refractivity contribution in [3.63, 3.8) is 0 Å². The zero-order valence-electron chi connectivity index (χ0n) is 12.9. The Labute approximate surface area is 115 Å². The average molecular weight is 256 g/mol. The van der Waals surface area contributed by atoms with Crippen molar-refractivity contribution in [2.24, 2.45) is 0 Å². The Bertz CT molecular complexity index is 139. The second kappa shape index (κ2) is 15.0. The topological polar surface area (TPSA) is 18.5 Å². The van der Waals surface area contributed by atoms with Crippen molar-refractivity contribution in [3.8, 4) is 0 Å². The Hall–Kier alpha value is -0.0151. The van der Waals surface area contributed by atoms with E-state index < -0.39 is 0 Å². The third-order valence-corrected chi connectivity index (χ3v) is 3.13. The maximum Gasteiger partial charge on any atom is 0.156 e. The van der Waals surface area contributed by atoms with E-state index in [1.807, 2.05) is 0 Å². The lowest BCUT2D eigenvalue weighted by Gasteiger charge is -2.18. The fourth-order valence-electron chi connectivity index (χ4n) is 1.94. The van der Waals surface area contributed by atoms with Crippen LogP contribution in [0.5, 0.6) is 0 Å². The predicted octanol–water partition coefficient (Wildman–Crippen LogP) is 3.95. The third kappa shape index (κ3) is 12.4. The Morgan fingerprint density at radius 3 is 1.67 bits per heavy atom. The summed E-state index contributed by atoms with van der Waals surface area (Å²) in [4.78, 5) is 0. The van der Waals surface area contributed by atoms with Crippen molar-refractivity contribution in [2.75, 3.05) is 13.2 Å². The van der Waals surface area contributed by atoms with E-state index in [4.69, 9.17) is 9.47 Å². The van der Waals surface area contributed by atoms with Crippen molar-refractivity contribution in [2.45, 2.75) is 84.2 Å². The van der Waals surface area contributed by atoms with Gasteiger partial charge >= 0.3 is 0 Å². The van der Waals surface area contributed by atoms with Gasteiger partial charge in [0.05, 0.1) is 0 Å². The summed E-state index contributed by atoms with van der Waals surface area (Å²) in [5.41, 5.74) is 0. The molecule has 18 heavy (non-hydrogen) atoms. The molecule has 108 valence electrons. The molecule has 0 unspecified atom stereocenters. The molecular formula is C15H33BO2. The minimum absolute atomic E-state index is 0.0400. The van der Waals surface area contributed by atoms with E-state index in [1.54, 1.807) is 0 Å². The number of unbranched alkanes of at least 4 members (excludes halogenated alkanes) is 6. The normalized spacial score (nSPS) is 11.3. The van der Waals surface area contributed by atoms with Gasteiger partial charge in [0.1, 0.15) is 7.85 Å². The molecule has 0 aliphatic carbocycles. The zero-order valence-corrected chi connectivity index (χ0v) is 12.9. The summed E-state index contributed by atoms with van der Waals surface area (Å²) in [5, 5.41) is 0. The molecular weight excluding hydrogens is 223 g/mol. The van der Waals surface area contributed by atoms with E-state index in [1.165, 1.54) is 51.4 Å². The molecule has 0 aromatic heterocycles. The van der Waals surface area contributed by atoms with E-state index in [9.17, 15) is 0 Å². The lowest BCUT2D eigenvalue weighted by molar-refractivity contribution is -0.144. The highest BCUT2D eigenvalue weighted by molar-refractivity contribution is 6.08. The van der Waals surface area contributed by atoms with Gasteiger partial charge in [-0.1, -0.05) is 58.7 Å². The van der Waals surface area contributed by atoms with E-state index in [2.05, 4.69) is 21.7 Å². The SMILES string of the molecule is BCCC(OCCCCCC)OCCCCCC. The van der Waals surface area contributed by atoms with Gasteiger partial charge in [0.15, 0.2) is 6.29 Å². The molecule has 3 heteroatoms. The molecule has 0 fully saturated rings. The number of ether oxygens (including phenoxy) is 2. The second-order valence-corrected chi connectivity index (χ2v) is 5.08. The fraction of sp³-hybridized carbons (Fsp3) is 1.00. The van der Waals surface area contributed by atoms with Crippen molar-refractivity contribution in [3.05, 3.63) is 0 Å². The summed E-state index contributed by atoms with van der Waals surface area (Å²) in [6.45, 7) is 6.19. The Morgan fingerprint density at radius 2 is 1.28 bits per heavy atom. The highest BCUT2D eigenvalue weighted by atomic mass is 16.7. The smallest absolute Gasteiger partial charge is 0.156 e. The molecule has 2 nitrogen and oxygen atoms in total. The van der Waals surface area contributed by atoms with Crippen LogP contribution >= 0.6 is 0 Å². The number of hydrogen-bond donors (Lipinski definition) is 0. The second-order valence-electron chi connectivity index (χ2n) is 5.08. The molecule has 0 saturated heterocycles. The maximum absolute atomic E-state index is 5.81. The molecule has 0 radical (unpaired) electrons. The van der Waals surface area contributed by atoms with Crippen molar-refractivity contribution in [1.29, 1.82) is 0 Å². The minimum atomic E-state index is 0.0400. The molecule has 0 amide bonds. The minimum Gasteiger partial charge on any atom is -0.353 e. The molecule has 0 saturated carbocycles. The van der Waals surface area contributed by atoms with Crippen LogP contribution < -0.4 is 0 Å². The number of rotatable bonds is 14. The average Bonchev–Trinajstić information content (AvgIpc) is 2.38. The van der Waals surface area contributed by atoms with Crippen LogP contribution in [-0.4, -0.2) is 27.4 Å². The quantitative estimate of drug-likeness (QED) is 0.266. The highest BCUT2D eigenvalue weighted by Crippen LogP contribution is 2.08. The molecule has 0 rings (SSSR count). The maximum atomic E-state index is 5.81. The van der Waals surface area contributed by atoms with Gasteiger partial charge in [-0.15, -0.1) is 0 Å². The summed E-state index contributed by atoms with van der Waals surface area (Å²) in [6, 6.07) is 0. The Morgan fingerprint density at radius 1 is 0.778 bits per heavy atom. The monoisotopic (exact) mass is 256 g/mol. The zero-order chi connectivity index (χ0) is 13.5. The van der Waals surface area contributed by atoms with Crippen molar-refractivity contribution in [1.82, 2.24) is 0 Å². The lowest BCUT2D eigenvalue weighted by Crippen LogP contribution is -2.18. The van der Waals surface area contributed by atoms with Crippen LogP contribution in [0.1, 0.15) is 71.6 Å². The molecule has 0 aliphatic heterocycles. The van der Waals surface area contributed by atoms with Gasteiger partial charge in [-0.2, -0.15) is 0 Å². The summed E-state index contributed by atoms with van der Waals surface area (Å²) in [6.07, 6.45) is 12.3. The van der Waals surface area contributed by atoms with Gasteiger partial charge in [-0.3, -0.25) is 0 Å². The van der Waals surface area contributed by atoms with Crippen LogP contribution in [0.15, 0.2) is 0 Å². The molecule has 0 aromatic rings. The number of hydrogen-bond acceptors (Lipinski definition) is 2. The van der Waals surface area contributed by atoms with Crippen molar-refractivity contribution >= 4 is 7.85 Å². The summed E-state index contributed by atoms with van der Waals surface area (Å²) < 4.78 is 11.6. The Balaban J connectivity index is 3.45. The molecule has 0 N–H and O–H groups in total. The van der Waals surface area contributed by atoms with Gasteiger partial charge < -0.3 is 9.47 Å². The van der Waals surface area contributed by atoms with Crippen LogP contribution in [0.3, 0.4) is 0 Å². The van der Waals surface area contributed by atoms with Gasteiger partial charge in [-0.25, -0.2) is 0 Å². The van der Waals surface area contributed by atoms with Crippen LogP contribution in [0.4, 0.5) is 0 Å². The molecule has 0 aliphatic rings. The van der Waals surface area contributed by atoms with Crippen molar-refractivity contribution < 1.29 is 9.47 Å². The molecule has 0 aromatic carbocycles. The lowest BCUT2D eigenvalue weighted by atomic mass is 10.0. The predicted molar refractivity (Wildman–Crippen MR) is 81.9 cm³/mol. The van der Waals surface area contributed by atoms with Crippen LogP contribution in [0.25, 0.3) is 0 Å². The molecule has 0 bridgehead atoms.